The van der Waals surface area contributed by atoms with Gasteiger partial charge in [-0.25, -0.2) is 19.9 Å². The minimum absolute atomic E-state index is 0.162. The highest BCUT2D eigenvalue weighted by molar-refractivity contribution is 6.25. The van der Waals surface area contributed by atoms with E-state index in [1.807, 2.05) is 32.0 Å². The van der Waals surface area contributed by atoms with Crippen molar-refractivity contribution in [2.75, 3.05) is 0 Å². The molecule has 0 saturated heterocycles. The van der Waals surface area contributed by atoms with Gasteiger partial charge in [-0.3, -0.25) is 9.13 Å². The number of para-hydroxylation sites is 4. The number of furan rings is 2. The van der Waals surface area contributed by atoms with Crippen molar-refractivity contribution in [2.24, 2.45) is 0 Å². The predicted octanol–water partition coefficient (Wildman–Crippen LogP) is 20.5. The van der Waals surface area contributed by atoms with Crippen LogP contribution in [0.4, 0.5) is 0 Å². The van der Waals surface area contributed by atoms with Gasteiger partial charge in [-0.1, -0.05) is 152 Å². The van der Waals surface area contributed by atoms with Crippen molar-refractivity contribution in [3.8, 4) is 67.9 Å². The largest absolute Gasteiger partial charge is 0.457 e. The molecular formula is C74H64N6O3. The molecule has 0 unspecified atom stereocenters. The first-order valence-electron chi connectivity index (χ1n) is 29.1. The summed E-state index contributed by atoms with van der Waals surface area (Å²) in [4.78, 5) is 21.3. The Morgan fingerprint density at radius 2 is 0.928 bits per heavy atom. The molecule has 9 nitrogen and oxygen atoms in total. The highest BCUT2D eigenvalue weighted by atomic mass is 16.5. The molecule has 0 bridgehead atoms. The lowest BCUT2D eigenvalue weighted by atomic mass is 9.88. The lowest BCUT2D eigenvalue weighted by molar-refractivity contribution is 0.483. The summed E-state index contributed by atoms with van der Waals surface area (Å²) in [5.41, 5.74) is 22.3. The molecule has 6 aromatic heterocycles. The van der Waals surface area contributed by atoms with Crippen LogP contribution < -0.4 is 4.74 Å². The van der Waals surface area contributed by atoms with Crippen molar-refractivity contribution < 1.29 is 13.6 Å². The molecule has 0 radical (unpaired) electrons. The zero-order valence-corrected chi connectivity index (χ0v) is 48.5. The normalized spacial score (nSPS) is 12.2. The summed E-state index contributed by atoms with van der Waals surface area (Å²) < 4.78 is 25.8. The fraction of sp³-hybridized carbons (Fsp3) is 0.189. The highest BCUT2D eigenvalue weighted by Crippen LogP contribution is 2.48. The minimum Gasteiger partial charge on any atom is -0.457 e. The first-order chi connectivity index (χ1) is 40.3. The molecule has 408 valence electrons. The van der Waals surface area contributed by atoms with Crippen LogP contribution in [0.1, 0.15) is 113 Å². The third-order valence-corrected chi connectivity index (χ3v) is 16.4. The lowest BCUT2D eigenvalue weighted by Gasteiger charge is -2.24. The predicted molar refractivity (Wildman–Crippen MR) is 340 cm³/mol. The van der Waals surface area contributed by atoms with Crippen LogP contribution in [0.2, 0.25) is 0 Å². The van der Waals surface area contributed by atoms with Gasteiger partial charge >= 0.3 is 0 Å². The molecule has 83 heavy (non-hydrogen) atoms. The topological polar surface area (TPSA) is 96.9 Å². The Morgan fingerprint density at radius 3 is 1.49 bits per heavy atom. The summed E-state index contributed by atoms with van der Waals surface area (Å²) in [6.07, 6.45) is 0. The van der Waals surface area contributed by atoms with Gasteiger partial charge in [0, 0.05) is 16.6 Å². The van der Waals surface area contributed by atoms with Crippen LogP contribution in [0.5, 0.6) is 11.5 Å². The van der Waals surface area contributed by atoms with E-state index in [2.05, 4.69) is 228 Å². The Labute approximate surface area is 482 Å². The van der Waals surface area contributed by atoms with Crippen LogP contribution in [0.25, 0.3) is 123 Å². The molecule has 0 spiro atoms. The lowest BCUT2D eigenvalue weighted by Crippen LogP contribution is -2.09. The monoisotopic (exact) mass is 1080 g/mol. The second-order valence-electron chi connectivity index (χ2n) is 23.4. The number of rotatable bonds is 12. The van der Waals surface area contributed by atoms with Crippen molar-refractivity contribution in [2.45, 2.75) is 92.9 Å². The second-order valence-corrected chi connectivity index (χ2v) is 23.4. The second kappa shape index (κ2) is 20.1. The van der Waals surface area contributed by atoms with Crippen LogP contribution >= 0.6 is 0 Å². The smallest absolute Gasteiger partial charge is 0.228 e. The van der Waals surface area contributed by atoms with Gasteiger partial charge in [-0.05, 0) is 167 Å². The first kappa shape index (κ1) is 51.5. The van der Waals surface area contributed by atoms with Crippen LogP contribution in [-0.2, 0) is 0 Å². The summed E-state index contributed by atoms with van der Waals surface area (Å²) in [5.74, 6) is 3.55. The van der Waals surface area contributed by atoms with Gasteiger partial charge in [0.25, 0.3) is 0 Å². The standard InChI is InChI=1S/C74H64N6O3/c1-41(2)54-35-50(47-22-13-11-14-23-47)36-55(42(3)4)68(54)79-62-30-19-17-28-60(62)77-72(79)49-26-21-27-52(34-49)81-53-39-58-65-66-67-64(33-32-45(9)75-67)82-70(66)46(10)76-74(65)83-71(58)59(40-53)73-78-61-29-18-20-31-63(61)80(73)69-56(43(5)6)37-51(38-57(69)44(7)8)48-24-15-12-16-25-48/h11-44H,1-10H3. The van der Waals surface area contributed by atoms with Crippen LogP contribution in [0.15, 0.2) is 191 Å². The molecular weight excluding hydrogens is 1020 g/mol. The molecule has 8 aromatic carbocycles. The number of hydrogen-bond acceptors (Lipinski definition) is 7. The molecule has 6 heterocycles. The molecule has 14 aromatic rings. The Bertz CT molecular complexity index is 4800. The van der Waals surface area contributed by atoms with Crippen molar-refractivity contribution in [3.05, 3.63) is 216 Å². The minimum atomic E-state index is 0.162. The average Bonchev–Trinajstić information content (AvgIpc) is 2.21. The highest BCUT2D eigenvalue weighted by Gasteiger charge is 2.30. The maximum Gasteiger partial charge on any atom is 0.228 e. The Hall–Kier alpha value is -9.60. The third-order valence-electron chi connectivity index (χ3n) is 16.4. The fourth-order valence-corrected chi connectivity index (χ4v) is 12.4. The average molecular weight is 1090 g/mol. The van der Waals surface area contributed by atoms with E-state index < -0.39 is 0 Å². The Balaban J connectivity index is 1.01. The van der Waals surface area contributed by atoms with E-state index in [0.29, 0.717) is 39.7 Å². The molecule has 14 rings (SSSR count). The van der Waals surface area contributed by atoms with Gasteiger partial charge < -0.3 is 13.6 Å². The molecule has 0 fully saturated rings. The van der Waals surface area contributed by atoms with Gasteiger partial charge in [0.05, 0.1) is 55.5 Å². The molecule has 0 N–H and O–H groups in total. The number of imidazole rings is 2. The Kier molecular flexibility index (Phi) is 12.5. The molecule has 0 aliphatic carbocycles. The van der Waals surface area contributed by atoms with Crippen molar-refractivity contribution >= 4 is 66.2 Å². The molecule has 0 aliphatic heterocycles. The van der Waals surface area contributed by atoms with Gasteiger partial charge in [0.2, 0.25) is 5.71 Å². The van der Waals surface area contributed by atoms with E-state index in [1.165, 1.54) is 44.5 Å². The van der Waals surface area contributed by atoms with E-state index in [4.69, 9.17) is 33.5 Å². The zero-order valence-electron chi connectivity index (χ0n) is 48.5. The van der Waals surface area contributed by atoms with Gasteiger partial charge in [0.15, 0.2) is 11.2 Å². The van der Waals surface area contributed by atoms with Crippen LogP contribution in [0, 0.1) is 13.8 Å². The summed E-state index contributed by atoms with van der Waals surface area (Å²) in [6.45, 7) is 22.3. The number of benzene rings is 8. The van der Waals surface area contributed by atoms with E-state index in [-0.39, 0.29) is 23.7 Å². The Morgan fingerprint density at radius 1 is 0.410 bits per heavy atom. The number of nitrogens with zero attached hydrogens (tertiary/aromatic N) is 6. The third kappa shape index (κ3) is 8.67. The van der Waals surface area contributed by atoms with Gasteiger partial charge in [-0.15, -0.1) is 0 Å². The molecule has 0 aliphatic rings. The van der Waals surface area contributed by atoms with Crippen molar-refractivity contribution in [1.29, 1.82) is 0 Å². The maximum absolute atomic E-state index is 7.29. The van der Waals surface area contributed by atoms with E-state index >= 15 is 0 Å². The molecule has 0 amide bonds. The summed E-state index contributed by atoms with van der Waals surface area (Å²) in [7, 11) is 0. The molecule has 0 atom stereocenters. The number of aromatic nitrogens is 6. The van der Waals surface area contributed by atoms with Crippen LogP contribution in [0.3, 0.4) is 0 Å². The first-order valence-corrected chi connectivity index (χ1v) is 29.1. The van der Waals surface area contributed by atoms with Crippen molar-refractivity contribution in [1.82, 2.24) is 29.1 Å². The maximum atomic E-state index is 7.29. The molecule has 9 heteroatoms. The number of hydrogen-bond donors (Lipinski definition) is 0. The van der Waals surface area contributed by atoms with E-state index in [0.717, 1.165) is 83.6 Å². The number of pyridine rings is 2. The molecule has 0 saturated carbocycles. The number of fused-ring (bicyclic) bond motifs is 9. The summed E-state index contributed by atoms with van der Waals surface area (Å²) in [6, 6.07) is 64.2. The summed E-state index contributed by atoms with van der Waals surface area (Å²) in [5, 5.41) is 2.45. The SMILES string of the molecule is Cc1ccc2oc3c(C)nc4oc5c(-c6nc7ccccc7n6-c6c(C(C)C)cc(-c7ccccc7)cc6C(C)C)cc(Oc6cccc(-c7nc8ccccc8n7-c7c(C(C)C)cc(-c8ccccc8)cc7C(C)C)c6)cc5c4c3c2n1. The summed E-state index contributed by atoms with van der Waals surface area (Å²) >= 11 is 0. The number of aryl methyl sites for hydroxylation is 2. The number of ether oxygens (including phenoxy) is 1. The van der Waals surface area contributed by atoms with E-state index in [1.54, 1.807) is 0 Å². The fourth-order valence-electron chi connectivity index (χ4n) is 12.4. The van der Waals surface area contributed by atoms with E-state index in [9.17, 15) is 0 Å². The quantitative estimate of drug-likeness (QED) is 0.120. The van der Waals surface area contributed by atoms with Gasteiger partial charge in [0.1, 0.15) is 34.2 Å². The van der Waals surface area contributed by atoms with Crippen LogP contribution in [-0.4, -0.2) is 29.1 Å². The zero-order chi connectivity index (χ0) is 56.9. The van der Waals surface area contributed by atoms with Gasteiger partial charge in [-0.2, -0.15) is 0 Å². The van der Waals surface area contributed by atoms with Crippen molar-refractivity contribution in [3.63, 3.8) is 0 Å².